The number of hydrogen-bond donors (Lipinski definition) is 1. The van der Waals surface area contributed by atoms with E-state index in [2.05, 4.69) is 20.9 Å². The number of likely N-dealkylation sites (N-methyl/N-ethyl adjacent to an activating group) is 1. The Kier molecular flexibility index (Phi) is 2.62. The number of pyridine rings is 1. The zero-order chi connectivity index (χ0) is 11.0. The normalized spacial score (nSPS) is 20.6. The Morgan fingerprint density at radius 3 is 3.20 bits per heavy atom. The van der Waals surface area contributed by atoms with Crippen molar-refractivity contribution in [2.45, 2.75) is 6.04 Å². The van der Waals surface area contributed by atoms with E-state index in [4.69, 9.17) is 10.5 Å². The highest BCUT2D eigenvalue weighted by atomic mass is 79.9. The van der Waals surface area contributed by atoms with E-state index in [1.165, 1.54) is 4.90 Å². The fourth-order valence-electron chi connectivity index (χ4n) is 1.38. The monoisotopic (exact) mass is 271 g/mol. The summed E-state index contributed by atoms with van der Waals surface area (Å²) < 4.78 is 6.21. The summed E-state index contributed by atoms with van der Waals surface area (Å²) in [6.45, 7) is 0.175. The van der Waals surface area contributed by atoms with Crippen molar-refractivity contribution in [3.8, 4) is 5.75 Å². The smallest absolute Gasteiger partial charge is 0.248 e. The Hall–Kier alpha value is -1.14. The minimum absolute atomic E-state index is 0.175. The molecule has 1 aromatic heterocycles. The Morgan fingerprint density at radius 1 is 1.73 bits per heavy atom. The van der Waals surface area contributed by atoms with Crippen LogP contribution in [-0.4, -0.2) is 30.6 Å². The van der Waals surface area contributed by atoms with Gasteiger partial charge in [0, 0.05) is 17.7 Å². The number of aromatic nitrogens is 1. The minimum Gasteiger partial charge on any atom is -0.487 e. The van der Waals surface area contributed by atoms with Gasteiger partial charge < -0.3 is 10.5 Å². The molecule has 0 unspecified atom stereocenters. The number of rotatable bonds is 0. The molecule has 0 aromatic carbocycles. The zero-order valence-corrected chi connectivity index (χ0v) is 9.69. The van der Waals surface area contributed by atoms with Gasteiger partial charge in [-0.2, -0.15) is 0 Å². The first kappa shape index (κ1) is 10.4. The number of anilines is 1. The second-order valence-corrected chi connectivity index (χ2v) is 4.21. The predicted octanol–water partition coefficient (Wildman–Crippen LogP) is 0.527. The maximum absolute atomic E-state index is 11.7. The topological polar surface area (TPSA) is 68.5 Å². The van der Waals surface area contributed by atoms with E-state index in [0.717, 1.165) is 4.47 Å². The number of hydrogen-bond acceptors (Lipinski definition) is 4. The van der Waals surface area contributed by atoms with E-state index in [1.54, 1.807) is 19.3 Å². The summed E-state index contributed by atoms with van der Waals surface area (Å²) in [4.78, 5) is 17.2. The minimum atomic E-state index is -0.636. The fourth-order valence-corrected chi connectivity index (χ4v) is 1.69. The number of carbonyl (C=O) groups is 1. The quantitative estimate of drug-likeness (QED) is 0.748. The lowest BCUT2D eigenvalue weighted by atomic mass is 10.3. The number of ether oxygens (including phenoxy) is 1. The molecule has 0 saturated carbocycles. The van der Waals surface area contributed by atoms with Gasteiger partial charge in [0.15, 0.2) is 11.6 Å². The van der Waals surface area contributed by atoms with Crippen LogP contribution in [0, 0.1) is 0 Å². The molecule has 0 aliphatic carbocycles. The Morgan fingerprint density at radius 2 is 2.47 bits per heavy atom. The molecule has 5 nitrogen and oxygen atoms in total. The molecule has 80 valence electrons. The predicted molar refractivity (Wildman–Crippen MR) is 58.8 cm³/mol. The molecule has 1 aliphatic rings. The molecule has 2 heterocycles. The van der Waals surface area contributed by atoms with Crippen LogP contribution in [0.25, 0.3) is 0 Å². The van der Waals surface area contributed by atoms with Crippen LogP contribution >= 0.6 is 15.9 Å². The molecule has 1 aliphatic heterocycles. The van der Waals surface area contributed by atoms with E-state index < -0.39 is 6.04 Å². The van der Waals surface area contributed by atoms with Crippen molar-refractivity contribution in [2.24, 2.45) is 5.73 Å². The number of amides is 1. The van der Waals surface area contributed by atoms with Crippen molar-refractivity contribution >= 4 is 27.7 Å². The fraction of sp³-hybridized carbons (Fsp3) is 0.333. The van der Waals surface area contributed by atoms with Crippen molar-refractivity contribution in [3.05, 3.63) is 16.7 Å². The van der Waals surface area contributed by atoms with Gasteiger partial charge in [-0.1, -0.05) is 0 Å². The molecular weight excluding hydrogens is 262 g/mol. The number of fused-ring (bicyclic) bond motifs is 1. The van der Waals surface area contributed by atoms with Crippen LogP contribution in [-0.2, 0) is 4.79 Å². The molecule has 0 fully saturated rings. The Bertz CT molecular complexity index is 410. The molecule has 1 aromatic rings. The largest absolute Gasteiger partial charge is 0.487 e. The van der Waals surface area contributed by atoms with Crippen LogP contribution in [0.2, 0.25) is 0 Å². The summed E-state index contributed by atoms with van der Waals surface area (Å²) in [5.74, 6) is 0.868. The highest BCUT2D eigenvalue weighted by Crippen LogP contribution is 2.30. The molecule has 15 heavy (non-hydrogen) atoms. The number of halogens is 1. The SMILES string of the molecule is CN1C(=O)[C@@H](N)COc2cc(Br)cnc21. The van der Waals surface area contributed by atoms with Gasteiger partial charge in [0.2, 0.25) is 5.91 Å². The van der Waals surface area contributed by atoms with Crippen molar-refractivity contribution in [3.63, 3.8) is 0 Å². The maximum atomic E-state index is 11.7. The molecule has 2 N–H and O–H groups in total. The molecule has 0 radical (unpaired) electrons. The average Bonchev–Trinajstić information content (AvgIpc) is 2.32. The Balaban J connectivity index is 2.47. The lowest BCUT2D eigenvalue weighted by Gasteiger charge is -2.15. The van der Waals surface area contributed by atoms with Crippen LogP contribution in [0.15, 0.2) is 16.7 Å². The van der Waals surface area contributed by atoms with E-state index in [0.29, 0.717) is 11.6 Å². The Labute approximate surface area is 95.3 Å². The molecule has 0 spiro atoms. The molecule has 2 rings (SSSR count). The van der Waals surface area contributed by atoms with E-state index in [-0.39, 0.29) is 12.5 Å². The molecule has 0 saturated heterocycles. The summed E-state index contributed by atoms with van der Waals surface area (Å²) in [5.41, 5.74) is 5.63. The first-order chi connectivity index (χ1) is 7.09. The van der Waals surface area contributed by atoms with Gasteiger partial charge in [0.25, 0.3) is 0 Å². The summed E-state index contributed by atoms with van der Waals surface area (Å²) in [6.07, 6.45) is 1.61. The van der Waals surface area contributed by atoms with Gasteiger partial charge in [0.05, 0.1) is 0 Å². The number of nitrogens with zero attached hydrogens (tertiary/aromatic N) is 2. The van der Waals surface area contributed by atoms with E-state index in [1.807, 2.05) is 0 Å². The van der Waals surface area contributed by atoms with Gasteiger partial charge in [-0.05, 0) is 22.0 Å². The average molecular weight is 272 g/mol. The second kappa shape index (κ2) is 3.79. The molecular formula is C9H10BrN3O2. The standard InChI is InChI=1S/C9H10BrN3O2/c1-13-8-7(2-5(10)3-12-8)15-4-6(11)9(13)14/h2-3,6H,4,11H2,1H3/t6-/m0/s1. The van der Waals surface area contributed by atoms with Crippen LogP contribution in [0.1, 0.15) is 0 Å². The van der Waals surface area contributed by atoms with Crippen molar-refractivity contribution in [1.82, 2.24) is 4.98 Å². The van der Waals surface area contributed by atoms with Gasteiger partial charge in [-0.3, -0.25) is 9.69 Å². The van der Waals surface area contributed by atoms with Crippen LogP contribution < -0.4 is 15.4 Å². The zero-order valence-electron chi connectivity index (χ0n) is 8.11. The van der Waals surface area contributed by atoms with E-state index >= 15 is 0 Å². The third kappa shape index (κ3) is 1.82. The number of carbonyl (C=O) groups excluding carboxylic acids is 1. The van der Waals surface area contributed by atoms with Crippen LogP contribution in [0.4, 0.5) is 5.82 Å². The van der Waals surface area contributed by atoms with Gasteiger partial charge in [0.1, 0.15) is 12.6 Å². The summed E-state index contributed by atoms with van der Waals surface area (Å²) in [6, 6.07) is 1.13. The second-order valence-electron chi connectivity index (χ2n) is 3.29. The molecule has 1 atom stereocenters. The van der Waals surface area contributed by atoms with E-state index in [9.17, 15) is 4.79 Å². The van der Waals surface area contributed by atoms with Gasteiger partial charge >= 0.3 is 0 Å². The summed E-state index contributed by atoms with van der Waals surface area (Å²) in [7, 11) is 1.64. The van der Waals surface area contributed by atoms with Crippen molar-refractivity contribution < 1.29 is 9.53 Å². The molecule has 1 amide bonds. The summed E-state index contributed by atoms with van der Waals surface area (Å²) in [5, 5.41) is 0. The van der Waals surface area contributed by atoms with Crippen LogP contribution in [0.3, 0.4) is 0 Å². The molecule has 0 bridgehead atoms. The first-order valence-electron chi connectivity index (χ1n) is 4.41. The van der Waals surface area contributed by atoms with Gasteiger partial charge in [-0.15, -0.1) is 0 Å². The highest BCUT2D eigenvalue weighted by Gasteiger charge is 2.27. The number of nitrogens with two attached hydrogens (primary N) is 1. The van der Waals surface area contributed by atoms with Crippen molar-refractivity contribution in [2.75, 3.05) is 18.6 Å². The lowest BCUT2D eigenvalue weighted by molar-refractivity contribution is -0.119. The molecule has 6 heteroatoms. The third-order valence-corrected chi connectivity index (χ3v) is 2.62. The third-order valence-electron chi connectivity index (χ3n) is 2.18. The lowest BCUT2D eigenvalue weighted by Crippen LogP contribution is -2.43. The maximum Gasteiger partial charge on any atom is 0.248 e. The summed E-state index contributed by atoms with van der Waals surface area (Å²) >= 11 is 3.29. The van der Waals surface area contributed by atoms with Gasteiger partial charge in [-0.25, -0.2) is 4.98 Å². The van der Waals surface area contributed by atoms with Crippen molar-refractivity contribution in [1.29, 1.82) is 0 Å². The highest BCUT2D eigenvalue weighted by molar-refractivity contribution is 9.10. The van der Waals surface area contributed by atoms with Crippen LogP contribution in [0.5, 0.6) is 5.75 Å². The first-order valence-corrected chi connectivity index (χ1v) is 5.20.